The Labute approximate surface area is 109 Å². The van der Waals surface area contributed by atoms with E-state index in [9.17, 15) is 4.79 Å². The molecule has 0 atom stereocenters. The lowest BCUT2D eigenvalue weighted by Gasteiger charge is -2.26. The van der Waals surface area contributed by atoms with Crippen LogP contribution in [-0.4, -0.2) is 11.1 Å². The van der Waals surface area contributed by atoms with Crippen LogP contribution in [0.2, 0.25) is 0 Å². The fourth-order valence-corrected chi connectivity index (χ4v) is 2.82. The first-order chi connectivity index (χ1) is 7.58. The van der Waals surface area contributed by atoms with E-state index in [0.717, 1.165) is 21.5 Å². The van der Waals surface area contributed by atoms with Gasteiger partial charge in [-0.05, 0) is 59.0 Å². The first-order valence-corrected chi connectivity index (χ1v) is 6.68. The third-order valence-corrected chi connectivity index (χ3v) is 4.36. The molecule has 0 radical (unpaired) electrons. The normalized spacial score (nSPS) is 15.9. The molecule has 0 saturated heterocycles. The summed E-state index contributed by atoms with van der Waals surface area (Å²) < 4.78 is 1.09. The van der Waals surface area contributed by atoms with Gasteiger partial charge in [0.15, 0.2) is 0 Å². The number of carbonyl (C=O) groups is 1. The molecule has 0 amide bonds. The van der Waals surface area contributed by atoms with E-state index in [0.29, 0.717) is 5.56 Å². The Bertz CT molecular complexity index is 422. The maximum Gasteiger partial charge on any atom is 0.335 e. The van der Waals surface area contributed by atoms with Crippen LogP contribution in [0.3, 0.4) is 0 Å². The van der Waals surface area contributed by atoms with E-state index < -0.39 is 5.97 Å². The molecule has 86 valence electrons. The SMILES string of the molecule is Cc1cc(CC2CCC2)c(I)cc1C(=O)O. The van der Waals surface area contributed by atoms with Gasteiger partial charge in [-0.2, -0.15) is 0 Å². The largest absolute Gasteiger partial charge is 0.478 e. The molecule has 0 spiro atoms. The maximum absolute atomic E-state index is 11.0. The van der Waals surface area contributed by atoms with Crippen LogP contribution in [0.4, 0.5) is 0 Å². The molecule has 3 heteroatoms. The van der Waals surface area contributed by atoms with Crippen molar-refractivity contribution in [3.63, 3.8) is 0 Å². The Morgan fingerprint density at radius 1 is 1.50 bits per heavy atom. The van der Waals surface area contributed by atoms with Gasteiger partial charge in [0.05, 0.1) is 5.56 Å². The summed E-state index contributed by atoms with van der Waals surface area (Å²) in [6.45, 7) is 1.88. The summed E-state index contributed by atoms with van der Waals surface area (Å²) in [5, 5.41) is 9.02. The molecule has 0 bridgehead atoms. The molecule has 16 heavy (non-hydrogen) atoms. The van der Waals surface area contributed by atoms with Crippen molar-refractivity contribution >= 4 is 28.6 Å². The highest BCUT2D eigenvalue weighted by Gasteiger charge is 2.20. The van der Waals surface area contributed by atoms with E-state index >= 15 is 0 Å². The molecular weight excluding hydrogens is 315 g/mol. The van der Waals surface area contributed by atoms with Crippen molar-refractivity contribution in [2.75, 3.05) is 0 Å². The number of carboxylic acids is 1. The van der Waals surface area contributed by atoms with E-state index in [-0.39, 0.29) is 0 Å². The van der Waals surface area contributed by atoms with Gasteiger partial charge in [-0.25, -0.2) is 4.79 Å². The number of carboxylic acid groups (broad SMARTS) is 1. The quantitative estimate of drug-likeness (QED) is 0.859. The Hall–Kier alpha value is -0.580. The average molecular weight is 330 g/mol. The van der Waals surface area contributed by atoms with E-state index in [4.69, 9.17) is 5.11 Å². The maximum atomic E-state index is 11.0. The summed E-state index contributed by atoms with van der Waals surface area (Å²) in [5.74, 6) is -0.00537. The van der Waals surface area contributed by atoms with Gasteiger partial charge < -0.3 is 5.11 Å². The van der Waals surface area contributed by atoms with Gasteiger partial charge in [0, 0.05) is 3.57 Å². The monoisotopic (exact) mass is 330 g/mol. The summed E-state index contributed by atoms with van der Waals surface area (Å²) >= 11 is 2.25. The summed E-state index contributed by atoms with van der Waals surface area (Å²) in [6, 6.07) is 3.84. The summed E-state index contributed by atoms with van der Waals surface area (Å²) in [7, 11) is 0. The molecule has 0 unspecified atom stereocenters. The van der Waals surface area contributed by atoms with Crippen LogP contribution in [-0.2, 0) is 6.42 Å². The van der Waals surface area contributed by atoms with E-state index in [1.54, 1.807) is 6.07 Å². The number of benzene rings is 1. The number of halogens is 1. The fourth-order valence-electron chi connectivity index (χ4n) is 2.14. The van der Waals surface area contributed by atoms with Crippen molar-refractivity contribution in [3.05, 3.63) is 32.4 Å². The number of hydrogen-bond donors (Lipinski definition) is 1. The van der Waals surface area contributed by atoms with Crippen molar-refractivity contribution in [1.29, 1.82) is 0 Å². The number of hydrogen-bond acceptors (Lipinski definition) is 1. The van der Waals surface area contributed by atoms with Gasteiger partial charge in [0.25, 0.3) is 0 Å². The molecule has 0 heterocycles. The number of aromatic carboxylic acids is 1. The zero-order valence-electron chi connectivity index (χ0n) is 9.29. The Morgan fingerprint density at radius 2 is 2.19 bits per heavy atom. The van der Waals surface area contributed by atoms with Crippen LogP contribution >= 0.6 is 22.6 Å². The lowest BCUT2D eigenvalue weighted by atomic mass is 9.80. The molecule has 1 saturated carbocycles. The highest BCUT2D eigenvalue weighted by Crippen LogP contribution is 2.31. The molecule has 1 aliphatic rings. The summed E-state index contributed by atoms with van der Waals surface area (Å²) in [6.07, 6.45) is 5.12. The third kappa shape index (κ3) is 2.39. The van der Waals surface area contributed by atoms with Crippen LogP contribution in [0.15, 0.2) is 12.1 Å². The third-order valence-electron chi connectivity index (χ3n) is 3.36. The summed E-state index contributed by atoms with van der Waals surface area (Å²) in [5.41, 5.74) is 2.62. The fraction of sp³-hybridized carbons (Fsp3) is 0.462. The second-order valence-corrected chi connectivity index (χ2v) is 5.73. The Morgan fingerprint density at radius 3 is 2.69 bits per heavy atom. The lowest BCUT2D eigenvalue weighted by molar-refractivity contribution is 0.0696. The van der Waals surface area contributed by atoms with Crippen molar-refractivity contribution in [1.82, 2.24) is 0 Å². The highest BCUT2D eigenvalue weighted by molar-refractivity contribution is 14.1. The molecule has 1 aromatic carbocycles. The van der Waals surface area contributed by atoms with Crippen molar-refractivity contribution in [2.45, 2.75) is 32.6 Å². The molecule has 1 aromatic rings. The van der Waals surface area contributed by atoms with Gasteiger partial charge in [0.1, 0.15) is 0 Å². The van der Waals surface area contributed by atoms with Crippen LogP contribution in [0.25, 0.3) is 0 Å². The molecule has 2 rings (SSSR count). The van der Waals surface area contributed by atoms with E-state index in [1.165, 1.54) is 24.8 Å². The minimum Gasteiger partial charge on any atom is -0.478 e. The van der Waals surface area contributed by atoms with E-state index in [1.807, 2.05) is 13.0 Å². The number of aryl methyl sites for hydroxylation is 1. The van der Waals surface area contributed by atoms with Crippen molar-refractivity contribution < 1.29 is 9.90 Å². The zero-order chi connectivity index (χ0) is 11.7. The standard InChI is InChI=1S/C13H15IO2/c1-8-5-10(6-9-3-2-4-9)12(14)7-11(8)13(15)16/h5,7,9H,2-4,6H2,1H3,(H,15,16). The molecule has 1 N–H and O–H groups in total. The molecular formula is C13H15IO2. The molecule has 0 aromatic heterocycles. The van der Waals surface area contributed by atoms with Gasteiger partial charge in [-0.15, -0.1) is 0 Å². The van der Waals surface area contributed by atoms with Crippen LogP contribution in [0.5, 0.6) is 0 Å². The minimum absolute atomic E-state index is 0.432. The average Bonchev–Trinajstić information content (AvgIpc) is 2.15. The first-order valence-electron chi connectivity index (χ1n) is 5.60. The topological polar surface area (TPSA) is 37.3 Å². The second-order valence-electron chi connectivity index (χ2n) is 4.56. The van der Waals surface area contributed by atoms with Crippen LogP contribution < -0.4 is 0 Å². The predicted molar refractivity (Wildman–Crippen MR) is 71.9 cm³/mol. The Balaban J connectivity index is 2.25. The van der Waals surface area contributed by atoms with Crippen molar-refractivity contribution in [2.24, 2.45) is 5.92 Å². The van der Waals surface area contributed by atoms with Gasteiger partial charge in [-0.1, -0.05) is 25.3 Å². The molecule has 1 aliphatic carbocycles. The van der Waals surface area contributed by atoms with Gasteiger partial charge >= 0.3 is 5.97 Å². The van der Waals surface area contributed by atoms with E-state index in [2.05, 4.69) is 22.6 Å². The first kappa shape index (κ1) is 11.9. The smallest absolute Gasteiger partial charge is 0.335 e. The summed E-state index contributed by atoms with van der Waals surface area (Å²) in [4.78, 5) is 11.0. The number of rotatable bonds is 3. The van der Waals surface area contributed by atoms with Gasteiger partial charge in [-0.3, -0.25) is 0 Å². The molecule has 0 aliphatic heterocycles. The van der Waals surface area contributed by atoms with Gasteiger partial charge in [0.2, 0.25) is 0 Å². The second kappa shape index (κ2) is 4.73. The minimum atomic E-state index is -0.828. The van der Waals surface area contributed by atoms with Crippen LogP contribution in [0, 0.1) is 16.4 Å². The lowest BCUT2D eigenvalue weighted by Crippen LogP contribution is -2.15. The Kier molecular flexibility index (Phi) is 3.52. The molecule has 2 nitrogen and oxygen atoms in total. The van der Waals surface area contributed by atoms with Crippen LogP contribution in [0.1, 0.15) is 40.7 Å². The predicted octanol–water partition coefficient (Wildman–Crippen LogP) is 3.64. The highest BCUT2D eigenvalue weighted by atomic mass is 127. The molecule has 1 fully saturated rings. The van der Waals surface area contributed by atoms with Crippen molar-refractivity contribution in [3.8, 4) is 0 Å². The zero-order valence-corrected chi connectivity index (χ0v) is 11.5.